The van der Waals surface area contributed by atoms with Crippen LogP contribution in [0.4, 0.5) is 0 Å². The van der Waals surface area contributed by atoms with E-state index in [0.29, 0.717) is 6.10 Å². The minimum absolute atomic E-state index is 0.289. The normalized spacial score (nSPS) is 22.9. The molecule has 0 bridgehead atoms. The Labute approximate surface area is 79.7 Å². The lowest BCUT2D eigenvalue weighted by molar-refractivity contribution is 0.0747. The lowest BCUT2D eigenvalue weighted by Crippen LogP contribution is -2.25. The van der Waals surface area contributed by atoms with Crippen molar-refractivity contribution in [1.29, 1.82) is 0 Å². The van der Waals surface area contributed by atoms with Crippen LogP contribution in [0.1, 0.15) is 26.2 Å². The average molecular weight is 189 g/mol. The minimum atomic E-state index is 0.289. The van der Waals surface area contributed by atoms with Crippen molar-refractivity contribution in [2.24, 2.45) is 5.41 Å². The first-order valence-electron chi connectivity index (χ1n) is 4.46. The van der Waals surface area contributed by atoms with E-state index in [4.69, 9.17) is 16.3 Å². The molecule has 1 rings (SSSR count). The third kappa shape index (κ3) is 2.24. The lowest BCUT2D eigenvalue weighted by atomic mass is 9.82. The molecule has 0 spiro atoms. The van der Waals surface area contributed by atoms with Gasteiger partial charge in [-0.15, -0.1) is 11.6 Å². The fourth-order valence-corrected chi connectivity index (χ4v) is 2.10. The van der Waals surface area contributed by atoms with Crippen LogP contribution in [0.5, 0.6) is 0 Å². The van der Waals surface area contributed by atoms with E-state index in [2.05, 4.69) is 19.1 Å². The Hall–Kier alpha value is -0.0100. The molecule has 0 N–H and O–H groups in total. The predicted octanol–water partition coefficient (Wildman–Crippen LogP) is 2.99. The number of allylic oxidation sites excluding steroid dienone is 2. The molecule has 1 aliphatic carbocycles. The molecule has 1 atom stereocenters. The summed E-state index contributed by atoms with van der Waals surface area (Å²) >= 11 is 5.97. The zero-order valence-electron chi connectivity index (χ0n) is 7.85. The van der Waals surface area contributed by atoms with Crippen LogP contribution in [0.15, 0.2) is 12.2 Å². The molecule has 0 aliphatic heterocycles. The number of rotatable bonds is 4. The summed E-state index contributed by atoms with van der Waals surface area (Å²) in [5.74, 6) is 0.744. The molecule has 12 heavy (non-hydrogen) atoms. The van der Waals surface area contributed by atoms with Crippen LogP contribution < -0.4 is 0 Å². The molecular weight excluding hydrogens is 172 g/mol. The highest BCUT2D eigenvalue weighted by Gasteiger charge is 2.31. The van der Waals surface area contributed by atoms with Crippen molar-refractivity contribution in [2.75, 3.05) is 13.0 Å². The fraction of sp³-hybridized carbons (Fsp3) is 0.800. The zero-order chi connectivity index (χ0) is 9.03. The van der Waals surface area contributed by atoms with E-state index in [1.807, 2.05) is 0 Å². The highest BCUT2D eigenvalue weighted by atomic mass is 35.5. The Morgan fingerprint density at radius 1 is 1.50 bits per heavy atom. The molecule has 1 nitrogen and oxygen atoms in total. The van der Waals surface area contributed by atoms with Gasteiger partial charge in [-0.2, -0.15) is 0 Å². The number of hydrogen-bond donors (Lipinski definition) is 0. The van der Waals surface area contributed by atoms with Crippen molar-refractivity contribution < 1.29 is 4.74 Å². The van der Waals surface area contributed by atoms with Gasteiger partial charge < -0.3 is 4.74 Å². The van der Waals surface area contributed by atoms with Crippen LogP contribution in [0.25, 0.3) is 0 Å². The van der Waals surface area contributed by atoms with E-state index in [1.165, 1.54) is 0 Å². The second-order valence-corrected chi connectivity index (χ2v) is 4.03. The Balaban J connectivity index is 2.45. The van der Waals surface area contributed by atoms with Crippen LogP contribution in [0.3, 0.4) is 0 Å². The van der Waals surface area contributed by atoms with Crippen LogP contribution in [-0.4, -0.2) is 19.1 Å². The molecule has 0 fully saturated rings. The molecule has 0 saturated carbocycles. The van der Waals surface area contributed by atoms with Crippen molar-refractivity contribution in [3.63, 3.8) is 0 Å². The van der Waals surface area contributed by atoms with Crippen LogP contribution >= 0.6 is 11.6 Å². The predicted molar refractivity (Wildman–Crippen MR) is 52.6 cm³/mol. The molecule has 2 heteroatoms. The molecule has 1 unspecified atom stereocenters. The summed E-state index contributed by atoms with van der Waals surface area (Å²) in [6.45, 7) is 2.10. The van der Waals surface area contributed by atoms with Gasteiger partial charge in [0.15, 0.2) is 0 Å². The van der Waals surface area contributed by atoms with E-state index < -0.39 is 0 Å². The summed E-state index contributed by atoms with van der Waals surface area (Å²) in [6, 6.07) is 0. The van der Waals surface area contributed by atoms with Gasteiger partial charge in [0.05, 0.1) is 6.10 Å². The summed E-state index contributed by atoms with van der Waals surface area (Å²) in [5, 5.41) is 0. The number of halogens is 1. The second kappa shape index (κ2) is 4.29. The Kier molecular flexibility index (Phi) is 3.60. The van der Waals surface area contributed by atoms with E-state index in [-0.39, 0.29) is 5.41 Å². The first kappa shape index (κ1) is 10.1. The smallest absolute Gasteiger partial charge is 0.0549 e. The van der Waals surface area contributed by atoms with Crippen molar-refractivity contribution in [1.82, 2.24) is 0 Å². The van der Waals surface area contributed by atoms with Gasteiger partial charge in [0.1, 0.15) is 0 Å². The minimum Gasteiger partial charge on any atom is -0.382 e. The van der Waals surface area contributed by atoms with Gasteiger partial charge in [0.2, 0.25) is 0 Å². The molecule has 0 heterocycles. The highest BCUT2D eigenvalue weighted by molar-refractivity contribution is 6.18. The molecular formula is C10H17ClO. The third-order valence-electron chi connectivity index (χ3n) is 2.67. The Bertz CT molecular complexity index is 157. The van der Waals surface area contributed by atoms with Crippen molar-refractivity contribution >= 4 is 11.6 Å². The molecule has 0 amide bonds. The number of ether oxygens (including phenoxy) is 1. The summed E-state index contributed by atoms with van der Waals surface area (Å²) in [7, 11) is 1.76. The number of hydrogen-bond acceptors (Lipinski definition) is 1. The zero-order valence-corrected chi connectivity index (χ0v) is 8.60. The standard InChI is InChI=1S/C10H17ClO/c1-9(12-2)7-10(8-11)5-3-4-6-10/h3-4,9H,5-8H2,1-2H3. The molecule has 0 saturated heterocycles. The third-order valence-corrected chi connectivity index (χ3v) is 3.24. The monoisotopic (exact) mass is 188 g/mol. The van der Waals surface area contributed by atoms with Crippen LogP contribution in [0, 0.1) is 5.41 Å². The molecule has 0 radical (unpaired) electrons. The van der Waals surface area contributed by atoms with E-state index >= 15 is 0 Å². The van der Waals surface area contributed by atoms with Gasteiger partial charge >= 0.3 is 0 Å². The summed E-state index contributed by atoms with van der Waals surface area (Å²) in [6.07, 6.45) is 8.08. The number of alkyl halides is 1. The maximum Gasteiger partial charge on any atom is 0.0549 e. The van der Waals surface area contributed by atoms with Gasteiger partial charge in [-0.25, -0.2) is 0 Å². The van der Waals surface area contributed by atoms with E-state index in [9.17, 15) is 0 Å². The van der Waals surface area contributed by atoms with Crippen LogP contribution in [0.2, 0.25) is 0 Å². The van der Waals surface area contributed by atoms with Gasteiger partial charge in [0.25, 0.3) is 0 Å². The van der Waals surface area contributed by atoms with E-state index in [0.717, 1.165) is 25.1 Å². The first-order valence-corrected chi connectivity index (χ1v) is 5.00. The maximum atomic E-state index is 5.97. The fourth-order valence-electron chi connectivity index (χ4n) is 1.77. The molecule has 1 aliphatic rings. The van der Waals surface area contributed by atoms with Gasteiger partial charge in [-0.3, -0.25) is 0 Å². The molecule has 70 valence electrons. The molecule has 0 aromatic rings. The quantitative estimate of drug-likeness (QED) is 0.487. The Morgan fingerprint density at radius 2 is 2.08 bits per heavy atom. The maximum absolute atomic E-state index is 5.97. The largest absolute Gasteiger partial charge is 0.382 e. The lowest BCUT2D eigenvalue weighted by Gasteiger charge is -2.28. The van der Waals surface area contributed by atoms with Gasteiger partial charge in [-0.05, 0) is 31.6 Å². The van der Waals surface area contributed by atoms with E-state index in [1.54, 1.807) is 7.11 Å². The average Bonchev–Trinajstić information content (AvgIpc) is 2.54. The van der Waals surface area contributed by atoms with Crippen molar-refractivity contribution in [3.05, 3.63) is 12.2 Å². The summed E-state index contributed by atoms with van der Waals surface area (Å²) in [5.41, 5.74) is 0.289. The number of methoxy groups -OCH3 is 1. The Morgan fingerprint density at radius 3 is 2.50 bits per heavy atom. The SMILES string of the molecule is COC(C)CC1(CCl)CC=CC1. The summed E-state index contributed by atoms with van der Waals surface area (Å²) < 4.78 is 5.25. The van der Waals surface area contributed by atoms with Crippen LogP contribution in [-0.2, 0) is 4.74 Å². The topological polar surface area (TPSA) is 9.23 Å². The van der Waals surface area contributed by atoms with Gasteiger partial charge in [-0.1, -0.05) is 12.2 Å². The first-order chi connectivity index (χ1) is 5.72. The second-order valence-electron chi connectivity index (χ2n) is 3.76. The van der Waals surface area contributed by atoms with Crippen molar-refractivity contribution in [2.45, 2.75) is 32.3 Å². The van der Waals surface area contributed by atoms with Crippen molar-refractivity contribution in [3.8, 4) is 0 Å². The highest BCUT2D eigenvalue weighted by Crippen LogP contribution is 2.39. The molecule has 0 aromatic heterocycles. The summed E-state index contributed by atoms with van der Waals surface area (Å²) in [4.78, 5) is 0. The molecule has 0 aromatic carbocycles. The van der Waals surface area contributed by atoms with Gasteiger partial charge in [0, 0.05) is 13.0 Å².